The van der Waals surface area contributed by atoms with E-state index < -0.39 is 0 Å². The molecule has 2 amide bonds. The quantitative estimate of drug-likeness (QED) is 0.884. The van der Waals surface area contributed by atoms with Gasteiger partial charge in [0.1, 0.15) is 0 Å². The van der Waals surface area contributed by atoms with Crippen molar-refractivity contribution >= 4 is 28.8 Å². The van der Waals surface area contributed by atoms with Crippen LogP contribution in [0, 0.1) is 0 Å². The third-order valence-electron chi connectivity index (χ3n) is 4.05. The van der Waals surface area contributed by atoms with Crippen molar-refractivity contribution in [2.24, 2.45) is 0 Å². The van der Waals surface area contributed by atoms with Crippen LogP contribution in [-0.2, 0) is 17.6 Å². The predicted molar refractivity (Wildman–Crippen MR) is 93.0 cm³/mol. The first-order valence-corrected chi connectivity index (χ1v) is 8.84. The summed E-state index contributed by atoms with van der Waals surface area (Å²) in [6.07, 6.45) is 4.80. The van der Waals surface area contributed by atoms with Crippen LogP contribution < -0.4 is 10.6 Å². The molecule has 1 aromatic heterocycles. The van der Waals surface area contributed by atoms with Crippen LogP contribution in [0.2, 0.25) is 0 Å². The summed E-state index contributed by atoms with van der Waals surface area (Å²) < 4.78 is 0. The van der Waals surface area contributed by atoms with Gasteiger partial charge >= 0.3 is 0 Å². The van der Waals surface area contributed by atoms with Crippen LogP contribution in [0.5, 0.6) is 0 Å². The highest BCUT2D eigenvalue weighted by atomic mass is 32.1. The summed E-state index contributed by atoms with van der Waals surface area (Å²) in [7, 11) is 0. The zero-order valence-electron chi connectivity index (χ0n) is 12.9. The van der Waals surface area contributed by atoms with Gasteiger partial charge in [0.15, 0.2) is 0 Å². The normalized spacial score (nSPS) is 13.2. The largest absolute Gasteiger partial charge is 0.351 e. The molecule has 2 aromatic rings. The Kier molecular flexibility index (Phi) is 5.08. The molecule has 0 bridgehead atoms. The van der Waals surface area contributed by atoms with Crippen molar-refractivity contribution in [2.45, 2.75) is 32.1 Å². The Balaban J connectivity index is 1.51. The van der Waals surface area contributed by atoms with E-state index in [1.54, 1.807) is 6.07 Å². The molecule has 0 fully saturated rings. The monoisotopic (exact) mass is 328 g/mol. The number of carbonyl (C=O) groups is 2. The van der Waals surface area contributed by atoms with Crippen molar-refractivity contribution in [1.29, 1.82) is 0 Å². The number of fused-ring (bicyclic) bond motifs is 1. The van der Waals surface area contributed by atoms with Crippen molar-refractivity contribution in [1.82, 2.24) is 5.32 Å². The number of aryl methyl sites for hydroxylation is 1. The lowest BCUT2D eigenvalue weighted by Gasteiger charge is -2.19. The van der Waals surface area contributed by atoms with Crippen molar-refractivity contribution in [2.75, 3.05) is 11.9 Å². The number of rotatable bonds is 5. The lowest BCUT2D eigenvalue weighted by Crippen LogP contribution is -2.27. The van der Waals surface area contributed by atoms with Gasteiger partial charge in [0.2, 0.25) is 5.91 Å². The second-order valence-corrected chi connectivity index (χ2v) is 6.63. The molecule has 0 spiro atoms. The highest BCUT2D eigenvalue weighted by Gasteiger charge is 2.14. The van der Waals surface area contributed by atoms with Crippen molar-refractivity contribution in [3.8, 4) is 0 Å². The highest BCUT2D eigenvalue weighted by molar-refractivity contribution is 7.12. The fraction of sp³-hybridized carbons (Fsp3) is 0.333. The molecule has 2 N–H and O–H groups in total. The SMILES string of the molecule is O=C(CCNC(=O)c1cccs1)Nc1cccc2c1CCCC2. The van der Waals surface area contributed by atoms with E-state index >= 15 is 0 Å². The van der Waals surface area contributed by atoms with E-state index in [1.807, 2.05) is 23.6 Å². The van der Waals surface area contributed by atoms with Crippen molar-refractivity contribution < 1.29 is 9.59 Å². The number of amides is 2. The first kappa shape index (κ1) is 15.7. The maximum Gasteiger partial charge on any atom is 0.261 e. The minimum absolute atomic E-state index is 0.0598. The molecule has 0 radical (unpaired) electrons. The topological polar surface area (TPSA) is 58.2 Å². The van der Waals surface area contributed by atoms with Gasteiger partial charge in [0.05, 0.1) is 4.88 Å². The molecule has 1 heterocycles. The first-order valence-electron chi connectivity index (χ1n) is 7.96. The molecule has 0 saturated heterocycles. The van der Waals surface area contributed by atoms with Crippen LogP contribution in [0.3, 0.4) is 0 Å². The van der Waals surface area contributed by atoms with Gasteiger partial charge in [0, 0.05) is 18.7 Å². The molecule has 0 aliphatic heterocycles. The van der Waals surface area contributed by atoms with Crippen LogP contribution in [0.4, 0.5) is 5.69 Å². The Labute approximate surface area is 139 Å². The van der Waals surface area contributed by atoms with Gasteiger partial charge < -0.3 is 10.6 Å². The smallest absolute Gasteiger partial charge is 0.261 e. The Hall–Kier alpha value is -2.14. The standard InChI is InChI=1S/C18H20N2O2S/c21-17(10-11-19-18(22)16-9-4-12-23-16)20-15-8-3-6-13-5-1-2-7-14(13)15/h3-4,6,8-9,12H,1-2,5,7,10-11H2,(H,19,22)(H,20,21). The first-order chi connectivity index (χ1) is 11.2. The molecule has 1 aliphatic carbocycles. The summed E-state index contributed by atoms with van der Waals surface area (Å²) >= 11 is 1.40. The van der Waals surface area contributed by atoms with Gasteiger partial charge in [-0.25, -0.2) is 0 Å². The maximum absolute atomic E-state index is 12.1. The van der Waals surface area contributed by atoms with Gasteiger partial charge in [-0.15, -0.1) is 11.3 Å². The molecule has 4 nitrogen and oxygen atoms in total. The molecule has 23 heavy (non-hydrogen) atoms. The minimum Gasteiger partial charge on any atom is -0.351 e. The second kappa shape index (κ2) is 7.42. The van der Waals surface area contributed by atoms with E-state index in [-0.39, 0.29) is 18.2 Å². The summed E-state index contributed by atoms with van der Waals surface area (Å²) in [5.74, 6) is -0.180. The maximum atomic E-state index is 12.1. The minimum atomic E-state index is -0.120. The van der Waals surface area contributed by atoms with Crippen molar-refractivity contribution in [3.63, 3.8) is 0 Å². The Morgan fingerprint density at radius 3 is 2.78 bits per heavy atom. The third-order valence-corrected chi connectivity index (χ3v) is 4.92. The number of hydrogen-bond donors (Lipinski definition) is 2. The summed E-state index contributed by atoms with van der Waals surface area (Å²) in [4.78, 5) is 24.6. The molecule has 0 unspecified atom stereocenters. The van der Waals surface area contributed by atoms with Gasteiger partial charge in [-0.3, -0.25) is 9.59 Å². The van der Waals surface area contributed by atoms with Crippen LogP contribution in [0.15, 0.2) is 35.7 Å². The van der Waals surface area contributed by atoms with Gasteiger partial charge in [0.25, 0.3) is 5.91 Å². The number of anilines is 1. The predicted octanol–water partition coefficient (Wildman–Crippen LogP) is 3.39. The number of thiophene rings is 1. The Morgan fingerprint density at radius 1 is 1.09 bits per heavy atom. The van der Waals surface area contributed by atoms with Crippen LogP contribution >= 0.6 is 11.3 Å². The average Bonchev–Trinajstić information content (AvgIpc) is 3.10. The summed E-state index contributed by atoms with van der Waals surface area (Å²) in [6.45, 7) is 0.345. The molecular formula is C18H20N2O2S. The Morgan fingerprint density at radius 2 is 1.96 bits per heavy atom. The van der Waals surface area contributed by atoms with Crippen LogP contribution in [0.25, 0.3) is 0 Å². The van der Waals surface area contributed by atoms with E-state index in [1.165, 1.54) is 35.3 Å². The Bertz CT molecular complexity index is 695. The van der Waals surface area contributed by atoms with E-state index in [9.17, 15) is 9.59 Å². The molecule has 5 heteroatoms. The average molecular weight is 328 g/mol. The fourth-order valence-corrected chi connectivity index (χ4v) is 3.54. The van der Waals surface area contributed by atoms with Gasteiger partial charge in [-0.05, 0) is 54.3 Å². The van der Waals surface area contributed by atoms with Gasteiger partial charge in [-0.1, -0.05) is 18.2 Å². The zero-order chi connectivity index (χ0) is 16.1. The van der Waals surface area contributed by atoms with E-state index in [4.69, 9.17) is 0 Å². The lowest BCUT2D eigenvalue weighted by molar-refractivity contribution is -0.116. The molecule has 0 atom stereocenters. The lowest BCUT2D eigenvalue weighted by atomic mass is 9.90. The van der Waals surface area contributed by atoms with Crippen LogP contribution in [0.1, 0.15) is 40.1 Å². The van der Waals surface area contributed by atoms with Crippen molar-refractivity contribution in [3.05, 3.63) is 51.7 Å². The summed E-state index contributed by atoms with van der Waals surface area (Å²) in [5.41, 5.74) is 3.55. The molecule has 1 aliphatic rings. The number of hydrogen-bond acceptors (Lipinski definition) is 3. The molecule has 0 saturated carbocycles. The number of benzene rings is 1. The number of carbonyl (C=O) groups excluding carboxylic acids is 2. The molecule has 120 valence electrons. The fourth-order valence-electron chi connectivity index (χ4n) is 2.90. The third kappa shape index (κ3) is 3.99. The van der Waals surface area contributed by atoms with Gasteiger partial charge in [-0.2, -0.15) is 0 Å². The molecular weight excluding hydrogens is 308 g/mol. The highest BCUT2D eigenvalue weighted by Crippen LogP contribution is 2.27. The second-order valence-electron chi connectivity index (χ2n) is 5.68. The summed E-state index contributed by atoms with van der Waals surface area (Å²) in [5, 5.41) is 7.63. The summed E-state index contributed by atoms with van der Waals surface area (Å²) in [6, 6.07) is 9.72. The van der Waals surface area contributed by atoms with E-state index in [2.05, 4.69) is 16.7 Å². The zero-order valence-corrected chi connectivity index (χ0v) is 13.7. The van der Waals surface area contributed by atoms with Crippen LogP contribution in [-0.4, -0.2) is 18.4 Å². The van der Waals surface area contributed by atoms with E-state index in [0.29, 0.717) is 11.4 Å². The molecule has 3 rings (SSSR count). The molecule has 1 aromatic carbocycles. The number of nitrogens with one attached hydrogen (secondary N) is 2. The van der Waals surface area contributed by atoms with E-state index in [0.717, 1.165) is 18.5 Å².